The van der Waals surface area contributed by atoms with Gasteiger partial charge in [-0.05, 0) is 18.2 Å². The van der Waals surface area contributed by atoms with Crippen LogP contribution in [0.3, 0.4) is 0 Å². The second-order valence-electron chi connectivity index (χ2n) is 7.37. The number of aromatic nitrogens is 5. The van der Waals surface area contributed by atoms with Gasteiger partial charge in [0, 0.05) is 13.2 Å². The monoisotopic (exact) mass is 566 g/mol. The standard InChI is InChI=1S/C22H23ClN6O6S2/c1-32-14-8-6-9-15(33-2)19(14)29-20(13-7-5-10-18(25-13)35-4)26-27-22(29)28-37(30,31)12-16(34-3)21-24-11-17(23)36-21/h5-11,16H,12H2,1-4H3,(H,27,28)/t16-/m0/s1. The lowest BCUT2D eigenvalue weighted by atomic mass is 10.2. The van der Waals surface area contributed by atoms with Crippen LogP contribution in [0.5, 0.6) is 17.4 Å². The molecule has 0 unspecified atom stereocenters. The number of pyridine rings is 1. The van der Waals surface area contributed by atoms with Crippen molar-refractivity contribution in [1.82, 2.24) is 24.7 Å². The number of rotatable bonds is 11. The highest BCUT2D eigenvalue weighted by atomic mass is 35.5. The van der Waals surface area contributed by atoms with E-state index in [0.29, 0.717) is 38.1 Å². The Hall–Kier alpha value is -3.46. The van der Waals surface area contributed by atoms with Gasteiger partial charge in [-0.1, -0.05) is 23.7 Å². The Morgan fingerprint density at radius 3 is 2.32 bits per heavy atom. The molecule has 0 fully saturated rings. The van der Waals surface area contributed by atoms with Crippen molar-refractivity contribution >= 4 is 38.9 Å². The molecule has 4 rings (SSSR count). The molecule has 3 aromatic heterocycles. The number of hydrogen-bond donors (Lipinski definition) is 1. The molecular weight excluding hydrogens is 544 g/mol. The molecule has 12 nitrogen and oxygen atoms in total. The van der Waals surface area contributed by atoms with Gasteiger partial charge in [-0.2, -0.15) is 0 Å². The van der Waals surface area contributed by atoms with Gasteiger partial charge in [-0.15, -0.1) is 21.5 Å². The van der Waals surface area contributed by atoms with Crippen LogP contribution in [-0.4, -0.2) is 67.3 Å². The lowest BCUT2D eigenvalue weighted by Gasteiger charge is -2.18. The van der Waals surface area contributed by atoms with Gasteiger partial charge in [0.25, 0.3) is 0 Å². The molecule has 0 amide bonds. The molecule has 0 aliphatic carbocycles. The molecule has 1 N–H and O–H groups in total. The minimum Gasteiger partial charge on any atom is -0.494 e. The van der Waals surface area contributed by atoms with Crippen LogP contribution in [0.15, 0.2) is 42.6 Å². The van der Waals surface area contributed by atoms with Crippen LogP contribution >= 0.6 is 22.9 Å². The van der Waals surface area contributed by atoms with E-state index in [1.807, 2.05) is 0 Å². The number of halogens is 1. The van der Waals surface area contributed by atoms with Crippen molar-refractivity contribution < 1.29 is 27.4 Å². The summed E-state index contributed by atoms with van der Waals surface area (Å²) in [6, 6.07) is 10.2. The quantitative estimate of drug-likeness (QED) is 0.286. The Morgan fingerprint density at radius 2 is 1.73 bits per heavy atom. The summed E-state index contributed by atoms with van der Waals surface area (Å²) in [6.07, 6.45) is 0.581. The number of nitrogens with zero attached hydrogens (tertiary/aromatic N) is 5. The Morgan fingerprint density at radius 1 is 1.03 bits per heavy atom. The first-order valence-corrected chi connectivity index (χ1v) is 13.5. The summed E-state index contributed by atoms with van der Waals surface area (Å²) in [5.74, 6) is 0.762. The molecule has 4 aromatic rings. The summed E-state index contributed by atoms with van der Waals surface area (Å²) in [5, 5.41) is 8.78. The van der Waals surface area contributed by atoms with E-state index in [9.17, 15) is 8.42 Å². The van der Waals surface area contributed by atoms with E-state index in [-0.39, 0.29) is 11.8 Å². The normalized spacial score (nSPS) is 12.2. The first-order valence-electron chi connectivity index (χ1n) is 10.6. The first kappa shape index (κ1) is 26.6. The number of para-hydroxylation sites is 1. The Bertz CT molecular complexity index is 1470. The number of methoxy groups -OCH3 is 4. The van der Waals surface area contributed by atoms with Gasteiger partial charge in [0.15, 0.2) is 5.82 Å². The van der Waals surface area contributed by atoms with E-state index in [1.165, 1.54) is 39.2 Å². The minimum atomic E-state index is -4.04. The van der Waals surface area contributed by atoms with Crippen molar-refractivity contribution in [1.29, 1.82) is 0 Å². The molecule has 196 valence electrons. The van der Waals surface area contributed by atoms with E-state index in [0.717, 1.165) is 11.3 Å². The number of nitrogens with one attached hydrogen (secondary N) is 1. The summed E-state index contributed by atoms with van der Waals surface area (Å²) < 4.78 is 52.6. The molecule has 0 radical (unpaired) electrons. The van der Waals surface area contributed by atoms with Crippen molar-refractivity contribution in [2.24, 2.45) is 0 Å². The second-order valence-corrected chi connectivity index (χ2v) is 10.8. The third kappa shape index (κ3) is 5.77. The summed E-state index contributed by atoms with van der Waals surface area (Å²) in [5.41, 5.74) is 0.738. The zero-order chi connectivity index (χ0) is 26.6. The van der Waals surface area contributed by atoms with Gasteiger partial charge < -0.3 is 18.9 Å². The number of anilines is 1. The molecule has 15 heteroatoms. The number of sulfonamides is 1. The highest BCUT2D eigenvalue weighted by Gasteiger charge is 2.28. The van der Waals surface area contributed by atoms with Crippen molar-refractivity contribution in [3.63, 3.8) is 0 Å². The van der Waals surface area contributed by atoms with Crippen LogP contribution in [0.4, 0.5) is 5.95 Å². The average molecular weight is 567 g/mol. The Labute approximate surface area is 222 Å². The van der Waals surface area contributed by atoms with Gasteiger partial charge >= 0.3 is 0 Å². The maximum atomic E-state index is 13.3. The number of ether oxygens (including phenoxy) is 4. The molecule has 0 bridgehead atoms. The van der Waals surface area contributed by atoms with Gasteiger partial charge in [0.2, 0.25) is 21.9 Å². The van der Waals surface area contributed by atoms with Crippen LogP contribution in [0, 0.1) is 0 Å². The molecule has 1 atom stereocenters. The maximum absolute atomic E-state index is 13.3. The predicted octanol–water partition coefficient (Wildman–Crippen LogP) is 3.59. The van der Waals surface area contributed by atoms with Crippen LogP contribution in [0.1, 0.15) is 11.1 Å². The highest BCUT2D eigenvalue weighted by Crippen LogP contribution is 2.38. The van der Waals surface area contributed by atoms with Crippen LogP contribution in [-0.2, 0) is 14.8 Å². The Balaban J connectivity index is 1.83. The second kappa shape index (κ2) is 11.3. The average Bonchev–Trinajstić information content (AvgIpc) is 3.52. The Kier molecular flexibility index (Phi) is 8.12. The molecular formula is C22H23ClN6O6S2. The van der Waals surface area contributed by atoms with E-state index >= 15 is 0 Å². The van der Waals surface area contributed by atoms with E-state index < -0.39 is 21.9 Å². The van der Waals surface area contributed by atoms with Gasteiger partial charge in [0.1, 0.15) is 44.1 Å². The molecule has 0 aliphatic rings. The third-order valence-electron chi connectivity index (χ3n) is 5.12. The SMILES string of the molecule is COc1cccc(-c2nnc(NS(=O)(=O)C[C@H](OC)c3ncc(Cl)s3)n2-c2c(OC)cccc2OC)n1. The summed E-state index contributed by atoms with van der Waals surface area (Å²) in [6.45, 7) is 0. The zero-order valence-electron chi connectivity index (χ0n) is 20.2. The largest absolute Gasteiger partial charge is 0.494 e. The summed E-state index contributed by atoms with van der Waals surface area (Å²) >= 11 is 7.10. The molecule has 0 spiro atoms. The van der Waals surface area contributed by atoms with Crippen LogP contribution in [0.2, 0.25) is 4.34 Å². The number of thiazole rings is 1. The van der Waals surface area contributed by atoms with E-state index in [1.54, 1.807) is 36.4 Å². The molecule has 1 aromatic carbocycles. The molecule has 0 aliphatic heterocycles. The maximum Gasteiger partial charge on any atom is 0.243 e. The first-order chi connectivity index (χ1) is 17.8. The van der Waals surface area contributed by atoms with Crippen LogP contribution in [0.25, 0.3) is 17.2 Å². The fraction of sp³-hybridized carbons (Fsp3) is 0.273. The van der Waals surface area contributed by atoms with Gasteiger partial charge in [-0.3, -0.25) is 9.29 Å². The predicted molar refractivity (Wildman–Crippen MR) is 139 cm³/mol. The zero-order valence-corrected chi connectivity index (χ0v) is 22.6. The van der Waals surface area contributed by atoms with Gasteiger partial charge in [0.05, 0.1) is 27.5 Å². The summed E-state index contributed by atoms with van der Waals surface area (Å²) in [7, 11) is 1.81. The van der Waals surface area contributed by atoms with Crippen molar-refractivity contribution in [2.45, 2.75) is 6.10 Å². The van der Waals surface area contributed by atoms with Gasteiger partial charge in [-0.25, -0.2) is 18.4 Å². The lowest BCUT2D eigenvalue weighted by molar-refractivity contribution is 0.121. The van der Waals surface area contributed by atoms with Crippen molar-refractivity contribution in [2.75, 3.05) is 38.9 Å². The van der Waals surface area contributed by atoms with Crippen molar-refractivity contribution in [3.05, 3.63) is 51.9 Å². The third-order valence-corrected chi connectivity index (χ3v) is 7.57. The molecule has 3 heterocycles. The van der Waals surface area contributed by atoms with Crippen LogP contribution < -0.4 is 18.9 Å². The molecule has 0 saturated heterocycles. The minimum absolute atomic E-state index is 0.116. The van der Waals surface area contributed by atoms with Crippen molar-refractivity contribution in [3.8, 4) is 34.6 Å². The summed E-state index contributed by atoms with van der Waals surface area (Å²) in [4.78, 5) is 8.56. The highest BCUT2D eigenvalue weighted by molar-refractivity contribution is 7.92. The fourth-order valence-electron chi connectivity index (χ4n) is 3.47. The molecule has 0 saturated carbocycles. The van der Waals surface area contributed by atoms with E-state index in [2.05, 4.69) is 24.9 Å². The fourth-order valence-corrected chi connectivity index (χ4v) is 5.77. The topological polar surface area (TPSA) is 140 Å². The molecule has 37 heavy (non-hydrogen) atoms. The number of benzene rings is 1. The smallest absolute Gasteiger partial charge is 0.243 e. The van der Waals surface area contributed by atoms with E-state index in [4.69, 9.17) is 30.5 Å². The lowest BCUT2D eigenvalue weighted by Crippen LogP contribution is -2.24. The number of hydrogen-bond acceptors (Lipinski definition) is 11.